The minimum atomic E-state index is 0.158. The van der Waals surface area contributed by atoms with Crippen LogP contribution >= 0.6 is 0 Å². The van der Waals surface area contributed by atoms with Crippen LogP contribution in [0.5, 0.6) is 0 Å². The summed E-state index contributed by atoms with van der Waals surface area (Å²) in [6.07, 6.45) is 6.50. The lowest BCUT2D eigenvalue weighted by molar-refractivity contribution is -0.126. The quantitative estimate of drug-likeness (QED) is 0.889. The predicted molar refractivity (Wildman–Crippen MR) is 95.4 cm³/mol. The zero-order valence-electron chi connectivity index (χ0n) is 14.0. The average molecular weight is 323 g/mol. The third-order valence-electron chi connectivity index (χ3n) is 4.64. The molecule has 3 rings (SSSR count). The number of carbonyl (C=O) groups excluding carboxylic acids is 1. The normalized spacial score (nSPS) is 16.0. The summed E-state index contributed by atoms with van der Waals surface area (Å²) >= 11 is 0. The smallest absolute Gasteiger partial charge is 0.223 e. The van der Waals surface area contributed by atoms with Crippen LogP contribution in [0, 0.1) is 5.92 Å². The van der Waals surface area contributed by atoms with Gasteiger partial charge in [-0.05, 0) is 49.5 Å². The summed E-state index contributed by atoms with van der Waals surface area (Å²) in [5.41, 5.74) is 2.51. The summed E-state index contributed by atoms with van der Waals surface area (Å²) in [5.74, 6) is 0.373. The minimum absolute atomic E-state index is 0.158. The van der Waals surface area contributed by atoms with Crippen molar-refractivity contribution in [1.82, 2.24) is 15.2 Å². The monoisotopic (exact) mass is 323 g/mol. The second kappa shape index (κ2) is 8.60. The van der Waals surface area contributed by atoms with Gasteiger partial charge in [-0.15, -0.1) is 0 Å². The lowest BCUT2D eigenvalue weighted by Crippen LogP contribution is -2.40. The van der Waals surface area contributed by atoms with Crippen LogP contribution < -0.4 is 5.32 Å². The molecule has 0 radical (unpaired) electrons. The lowest BCUT2D eigenvalue weighted by atomic mass is 9.95. The number of nitrogens with one attached hydrogen (secondary N) is 1. The van der Waals surface area contributed by atoms with E-state index in [0.29, 0.717) is 0 Å². The molecule has 0 atom stereocenters. The Morgan fingerprint density at radius 2 is 1.83 bits per heavy atom. The van der Waals surface area contributed by atoms with Crippen molar-refractivity contribution in [3.8, 4) is 0 Å². The number of benzene rings is 1. The Morgan fingerprint density at radius 3 is 2.54 bits per heavy atom. The van der Waals surface area contributed by atoms with Crippen LogP contribution in [0.15, 0.2) is 54.9 Å². The first-order chi connectivity index (χ1) is 11.8. The first-order valence-electron chi connectivity index (χ1n) is 8.74. The van der Waals surface area contributed by atoms with Crippen LogP contribution in [0.25, 0.3) is 0 Å². The van der Waals surface area contributed by atoms with E-state index in [0.717, 1.165) is 45.4 Å². The molecular formula is C20H25N3O. The van der Waals surface area contributed by atoms with Crippen molar-refractivity contribution < 1.29 is 4.79 Å². The molecule has 2 aromatic rings. The molecule has 1 fully saturated rings. The Morgan fingerprint density at radius 1 is 1.08 bits per heavy atom. The SMILES string of the molecule is O=C(NCCc1ccccc1)C1CCN(Cc2cccnc2)CC1. The topological polar surface area (TPSA) is 45.2 Å². The molecular weight excluding hydrogens is 298 g/mol. The molecule has 4 heteroatoms. The summed E-state index contributed by atoms with van der Waals surface area (Å²) in [6.45, 7) is 3.60. The van der Waals surface area contributed by atoms with E-state index in [9.17, 15) is 4.79 Å². The molecule has 1 aromatic carbocycles. The molecule has 0 spiro atoms. The second-order valence-electron chi connectivity index (χ2n) is 6.44. The fraction of sp³-hybridized carbons (Fsp3) is 0.400. The summed E-state index contributed by atoms with van der Waals surface area (Å²) in [6, 6.07) is 14.4. The molecule has 1 aliphatic heterocycles. The molecule has 1 amide bonds. The molecule has 1 aliphatic rings. The first-order valence-corrected chi connectivity index (χ1v) is 8.74. The number of piperidine rings is 1. The van der Waals surface area contributed by atoms with E-state index in [1.807, 2.05) is 30.5 Å². The number of pyridine rings is 1. The average Bonchev–Trinajstić information content (AvgIpc) is 2.64. The Bertz CT molecular complexity index is 622. The molecule has 1 saturated heterocycles. The molecule has 0 saturated carbocycles. The molecule has 0 unspecified atom stereocenters. The molecule has 1 aromatic heterocycles. The Balaban J connectivity index is 1.37. The van der Waals surface area contributed by atoms with Gasteiger partial charge in [0.2, 0.25) is 5.91 Å². The number of hydrogen-bond acceptors (Lipinski definition) is 3. The van der Waals surface area contributed by atoms with Gasteiger partial charge < -0.3 is 5.32 Å². The summed E-state index contributed by atoms with van der Waals surface area (Å²) < 4.78 is 0. The highest BCUT2D eigenvalue weighted by Gasteiger charge is 2.24. The highest BCUT2D eigenvalue weighted by molar-refractivity contribution is 5.78. The molecule has 2 heterocycles. The third-order valence-corrected chi connectivity index (χ3v) is 4.64. The maximum absolute atomic E-state index is 12.3. The molecule has 1 N–H and O–H groups in total. The minimum Gasteiger partial charge on any atom is -0.356 e. The van der Waals surface area contributed by atoms with E-state index in [-0.39, 0.29) is 11.8 Å². The van der Waals surface area contributed by atoms with Gasteiger partial charge in [-0.3, -0.25) is 14.7 Å². The van der Waals surface area contributed by atoms with Crippen LogP contribution in [0.1, 0.15) is 24.0 Å². The fourth-order valence-corrected chi connectivity index (χ4v) is 3.22. The van der Waals surface area contributed by atoms with Crippen molar-refractivity contribution in [2.24, 2.45) is 5.92 Å². The zero-order chi connectivity index (χ0) is 16.6. The highest BCUT2D eigenvalue weighted by Crippen LogP contribution is 2.19. The van der Waals surface area contributed by atoms with Crippen molar-refractivity contribution in [2.45, 2.75) is 25.8 Å². The third kappa shape index (κ3) is 4.90. The van der Waals surface area contributed by atoms with Crippen LogP contribution in [-0.2, 0) is 17.8 Å². The maximum atomic E-state index is 12.3. The van der Waals surface area contributed by atoms with Crippen LogP contribution in [0.4, 0.5) is 0 Å². The number of carbonyl (C=O) groups is 1. The summed E-state index contributed by atoms with van der Waals surface area (Å²) in [7, 11) is 0. The van der Waals surface area contributed by atoms with Gasteiger partial charge in [-0.2, -0.15) is 0 Å². The molecule has 0 bridgehead atoms. The maximum Gasteiger partial charge on any atom is 0.223 e. The zero-order valence-corrected chi connectivity index (χ0v) is 14.0. The van der Waals surface area contributed by atoms with Crippen molar-refractivity contribution in [2.75, 3.05) is 19.6 Å². The predicted octanol–water partition coefficient (Wildman–Crippen LogP) is 2.65. The summed E-state index contributed by atoms with van der Waals surface area (Å²) in [4.78, 5) is 18.9. The number of hydrogen-bond donors (Lipinski definition) is 1. The lowest BCUT2D eigenvalue weighted by Gasteiger charge is -2.31. The second-order valence-corrected chi connectivity index (χ2v) is 6.44. The van der Waals surface area contributed by atoms with Gasteiger partial charge in [-0.1, -0.05) is 36.4 Å². The van der Waals surface area contributed by atoms with E-state index >= 15 is 0 Å². The Labute approximate surface area is 143 Å². The van der Waals surface area contributed by atoms with Crippen molar-refractivity contribution in [1.29, 1.82) is 0 Å². The van der Waals surface area contributed by atoms with E-state index in [4.69, 9.17) is 0 Å². The van der Waals surface area contributed by atoms with Gasteiger partial charge in [0.15, 0.2) is 0 Å². The standard InChI is InChI=1S/C20H25N3O/c24-20(22-12-8-17-5-2-1-3-6-17)19-9-13-23(14-10-19)16-18-7-4-11-21-15-18/h1-7,11,15,19H,8-10,12-14,16H2,(H,22,24). The molecule has 4 nitrogen and oxygen atoms in total. The van der Waals surface area contributed by atoms with E-state index < -0.39 is 0 Å². The van der Waals surface area contributed by atoms with Crippen molar-refractivity contribution >= 4 is 5.91 Å². The highest BCUT2D eigenvalue weighted by atomic mass is 16.1. The molecule has 0 aliphatic carbocycles. The van der Waals surface area contributed by atoms with Crippen LogP contribution in [0.3, 0.4) is 0 Å². The Kier molecular flexibility index (Phi) is 5.96. The number of aromatic nitrogens is 1. The molecule has 24 heavy (non-hydrogen) atoms. The van der Waals surface area contributed by atoms with Gasteiger partial charge in [-0.25, -0.2) is 0 Å². The number of rotatable bonds is 6. The molecule has 126 valence electrons. The fourth-order valence-electron chi connectivity index (χ4n) is 3.22. The Hall–Kier alpha value is -2.20. The van der Waals surface area contributed by atoms with Crippen molar-refractivity contribution in [3.05, 3.63) is 66.0 Å². The van der Waals surface area contributed by atoms with Crippen LogP contribution in [-0.4, -0.2) is 35.4 Å². The van der Waals surface area contributed by atoms with Gasteiger partial charge in [0.25, 0.3) is 0 Å². The van der Waals surface area contributed by atoms with Gasteiger partial charge >= 0.3 is 0 Å². The van der Waals surface area contributed by atoms with Crippen LogP contribution in [0.2, 0.25) is 0 Å². The number of amides is 1. The van der Waals surface area contributed by atoms with Gasteiger partial charge in [0.05, 0.1) is 0 Å². The van der Waals surface area contributed by atoms with Gasteiger partial charge in [0, 0.05) is 31.4 Å². The number of nitrogens with zero attached hydrogens (tertiary/aromatic N) is 2. The van der Waals surface area contributed by atoms with Gasteiger partial charge in [0.1, 0.15) is 0 Å². The van der Waals surface area contributed by atoms with Crippen molar-refractivity contribution in [3.63, 3.8) is 0 Å². The number of likely N-dealkylation sites (tertiary alicyclic amines) is 1. The largest absolute Gasteiger partial charge is 0.356 e. The summed E-state index contributed by atoms with van der Waals surface area (Å²) in [5, 5.41) is 3.10. The van der Waals surface area contributed by atoms with E-state index in [1.165, 1.54) is 11.1 Å². The first kappa shape index (κ1) is 16.7. The van der Waals surface area contributed by atoms with E-state index in [1.54, 1.807) is 6.20 Å². The van der Waals surface area contributed by atoms with E-state index in [2.05, 4.69) is 33.4 Å².